The van der Waals surface area contributed by atoms with E-state index in [4.69, 9.17) is 5.11 Å². The van der Waals surface area contributed by atoms with E-state index in [0.29, 0.717) is 19.5 Å². The number of rotatable bonds is 7. The third-order valence-corrected chi connectivity index (χ3v) is 4.74. The van der Waals surface area contributed by atoms with Crippen molar-refractivity contribution in [2.45, 2.75) is 25.4 Å². The van der Waals surface area contributed by atoms with Gasteiger partial charge in [0.15, 0.2) is 0 Å². The summed E-state index contributed by atoms with van der Waals surface area (Å²) in [4.78, 5) is 37.1. The maximum Gasteiger partial charge on any atom is 0.335 e. The summed E-state index contributed by atoms with van der Waals surface area (Å²) in [7, 11) is 0. The second kappa shape index (κ2) is 9.03. The largest absolute Gasteiger partial charge is 0.478 e. The predicted octanol–water partition coefficient (Wildman–Crippen LogP) is 2.55. The first-order chi connectivity index (χ1) is 13.5. The molecule has 1 unspecified atom stereocenters. The summed E-state index contributed by atoms with van der Waals surface area (Å²) in [6.07, 6.45) is 1.40. The maximum absolute atomic E-state index is 12.4. The van der Waals surface area contributed by atoms with Gasteiger partial charge in [0.1, 0.15) is 0 Å². The van der Waals surface area contributed by atoms with Crippen LogP contribution >= 0.6 is 0 Å². The zero-order chi connectivity index (χ0) is 19.9. The van der Waals surface area contributed by atoms with Gasteiger partial charge in [-0.15, -0.1) is 0 Å². The number of hydrogen-bond donors (Lipinski definition) is 3. The molecule has 7 heteroatoms. The van der Waals surface area contributed by atoms with E-state index in [1.54, 1.807) is 17.0 Å². The van der Waals surface area contributed by atoms with Crippen LogP contribution in [0.25, 0.3) is 0 Å². The predicted molar refractivity (Wildman–Crippen MR) is 104 cm³/mol. The van der Waals surface area contributed by atoms with Gasteiger partial charge in [-0.2, -0.15) is 0 Å². The lowest BCUT2D eigenvalue weighted by Crippen LogP contribution is -2.42. The summed E-state index contributed by atoms with van der Waals surface area (Å²) in [6.45, 7) is 1.42. The summed E-state index contributed by atoms with van der Waals surface area (Å²) in [5.74, 6) is -0.874. The van der Waals surface area contributed by atoms with Crippen LogP contribution in [0.3, 0.4) is 0 Å². The van der Waals surface area contributed by atoms with Crippen molar-refractivity contribution >= 4 is 17.9 Å². The minimum atomic E-state index is -0.987. The van der Waals surface area contributed by atoms with Crippen LogP contribution in [0, 0.1) is 0 Å². The Morgan fingerprint density at radius 3 is 2.39 bits per heavy atom. The zero-order valence-electron chi connectivity index (χ0n) is 15.4. The Labute approximate surface area is 163 Å². The Morgan fingerprint density at radius 1 is 1.07 bits per heavy atom. The summed E-state index contributed by atoms with van der Waals surface area (Å²) >= 11 is 0. The molecule has 0 spiro atoms. The molecule has 146 valence electrons. The van der Waals surface area contributed by atoms with Crippen molar-refractivity contribution in [1.82, 2.24) is 15.5 Å². The van der Waals surface area contributed by atoms with E-state index in [9.17, 15) is 14.4 Å². The standard InChI is InChI=1S/C21H23N3O4/c25-19-7-4-12-24(19)14-18(16-5-2-1-3-6-16)23-21(28)22-13-15-8-10-17(11-9-15)20(26)27/h1-3,5-6,8-11,18H,4,7,12-14H2,(H,26,27)(H2,22,23,28). The SMILES string of the molecule is O=C(NCc1ccc(C(=O)O)cc1)NC(CN1CCCC1=O)c1ccccc1. The topological polar surface area (TPSA) is 98.7 Å². The van der Waals surface area contributed by atoms with Crippen molar-refractivity contribution in [1.29, 1.82) is 0 Å². The van der Waals surface area contributed by atoms with Gasteiger partial charge in [-0.1, -0.05) is 42.5 Å². The summed E-state index contributed by atoms with van der Waals surface area (Å²) in [6, 6.07) is 15.2. The van der Waals surface area contributed by atoms with E-state index < -0.39 is 5.97 Å². The Kier molecular flexibility index (Phi) is 6.26. The molecule has 0 saturated carbocycles. The number of nitrogens with one attached hydrogen (secondary N) is 2. The molecule has 0 aliphatic carbocycles. The van der Waals surface area contributed by atoms with Crippen molar-refractivity contribution in [3.63, 3.8) is 0 Å². The minimum absolute atomic E-state index is 0.113. The van der Waals surface area contributed by atoms with Crippen molar-refractivity contribution in [2.75, 3.05) is 13.1 Å². The molecule has 0 bridgehead atoms. The highest BCUT2D eigenvalue weighted by molar-refractivity contribution is 5.87. The van der Waals surface area contributed by atoms with Crippen LogP contribution in [0.5, 0.6) is 0 Å². The number of carbonyl (C=O) groups is 3. The fourth-order valence-corrected chi connectivity index (χ4v) is 3.19. The molecule has 0 aromatic heterocycles. The molecule has 7 nitrogen and oxygen atoms in total. The van der Waals surface area contributed by atoms with Crippen molar-refractivity contribution in [3.8, 4) is 0 Å². The molecular formula is C21H23N3O4. The van der Waals surface area contributed by atoms with E-state index in [0.717, 1.165) is 17.5 Å². The normalized spacial score (nSPS) is 14.6. The number of amides is 3. The molecular weight excluding hydrogens is 358 g/mol. The fourth-order valence-electron chi connectivity index (χ4n) is 3.19. The first kappa shape index (κ1) is 19.4. The number of urea groups is 1. The second-order valence-corrected chi connectivity index (χ2v) is 6.74. The average Bonchev–Trinajstić information content (AvgIpc) is 3.11. The Balaban J connectivity index is 1.60. The molecule has 28 heavy (non-hydrogen) atoms. The lowest BCUT2D eigenvalue weighted by atomic mass is 10.1. The average molecular weight is 381 g/mol. The van der Waals surface area contributed by atoms with Gasteiger partial charge in [0.2, 0.25) is 5.91 Å². The monoisotopic (exact) mass is 381 g/mol. The maximum atomic E-state index is 12.4. The van der Waals surface area contributed by atoms with Crippen LogP contribution in [0.2, 0.25) is 0 Å². The molecule has 2 aromatic carbocycles. The highest BCUT2D eigenvalue weighted by Gasteiger charge is 2.25. The molecule has 1 aliphatic rings. The second-order valence-electron chi connectivity index (χ2n) is 6.74. The lowest BCUT2D eigenvalue weighted by Gasteiger charge is -2.25. The first-order valence-corrected chi connectivity index (χ1v) is 9.22. The minimum Gasteiger partial charge on any atom is -0.478 e. The van der Waals surface area contributed by atoms with Crippen molar-refractivity contribution in [3.05, 3.63) is 71.3 Å². The molecule has 1 atom stereocenters. The van der Waals surface area contributed by atoms with Crippen LogP contribution in [-0.2, 0) is 11.3 Å². The number of likely N-dealkylation sites (tertiary alicyclic amines) is 1. The first-order valence-electron chi connectivity index (χ1n) is 9.22. The lowest BCUT2D eigenvalue weighted by molar-refractivity contribution is -0.128. The van der Waals surface area contributed by atoms with E-state index in [1.807, 2.05) is 30.3 Å². The number of carboxylic acids is 1. The molecule has 3 amide bonds. The number of aromatic carboxylic acids is 1. The van der Waals surface area contributed by atoms with Gasteiger partial charge in [0, 0.05) is 26.1 Å². The van der Waals surface area contributed by atoms with Gasteiger partial charge < -0.3 is 20.6 Å². The van der Waals surface area contributed by atoms with E-state index in [2.05, 4.69) is 10.6 Å². The Bertz CT molecular complexity index is 836. The summed E-state index contributed by atoms with van der Waals surface area (Å²) < 4.78 is 0. The molecule has 3 rings (SSSR count). The molecule has 1 fully saturated rings. The van der Waals surface area contributed by atoms with Gasteiger partial charge in [-0.3, -0.25) is 4.79 Å². The fraction of sp³-hybridized carbons (Fsp3) is 0.286. The van der Waals surface area contributed by atoms with Crippen molar-refractivity contribution in [2.24, 2.45) is 0 Å². The summed E-state index contributed by atoms with van der Waals surface area (Å²) in [5, 5.41) is 14.7. The third kappa shape index (κ3) is 5.09. The van der Waals surface area contributed by atoms with E-state index >= 15 is 0 Å². The molecule has 0 radical (unpaired) electrons. The highest BCUT2D eigenvalue weighted by Crippen LogP contribution is 2.18. The zero-order valence-corrected chi connectivity index (χ0v) is 15.4. The molecule has 1 heterocycles. The summed E-state index contributed by atoms with van der Waals surface area (Å²) in [5.41, 5.74) is 1.93. The van der Waals surface area contributed by atoms with Crippen LogP contribution < -0.4 is 10.6 Å². The van der Waals surface area contributed by atoms with Gasteiger partial charge in [0.25, 0.3) is 0 Å². The number of nitrogens with zero attached hydrogens (tertiary/aromatic N) is 1. The van der Waals surface area contributed by atoms with Crippen LogP contribution in [0.4, 0.5) is 4.79 Å². The van der Waals surface area contributed by atoms with Gasteiger partial charge in [-0.25, -0.2) is 9.59 Å². The van der Waals surface area contributed by atoms with E-state index in [1.165, 1.54) is 12.1 Å². The number of carbonyl (C=O) groups excluding carboxylic acids is 2. The Hall–Kier alpha value is -3.35. The quantitative estimate of drug-likeness (QED) is 0.686. The van der Waals surface area contributed by atoms with Gasteiger partial charge in [0.05, 0.1) is 11.6 Å². The molecule has 2 aromatic rings. The van der Waals surface area contributed by atoms with Crippen LogP contribution in [-0.4, -0.2) is 41.0 Å². The van der Waals surface area contributed by atoms with Crippen molar-refractivity contribution < 1.29 is 19.5 Å². The smallest absolute Gasteiger partial charge is 0.335 e. The number of carboxylic acid groups (broad SMARTS) is 1. The molecule has 1 saturated heterocycles. The third-order valence-electron chi connectivity index (χ3n) is 4.74. The van der Waals surface area contributed by atoms with Crippen LogP contribution in [0.1, 0.15) is 40.4 Å². The molecule has 3 N–H and O–H groups in total. The Morgan fingerprint density at radius 2 is 1.79 bits per heavy atom. The highest BCUT2D eigenvalue weighted by atomic mass is 16.4. The van der Waals surface area contributed by atoms with Gasteiger partial charge >= 0.3 is 12.0 Å². The number of hydrogen-bond acceptors (Lipinski definition) is 3. The van der Waals surface area contributed by atoms with Gasteiger partial charge in [-0.05, 0) is 29.7 Å². The number of benzene rings is 2. The van der Waals surface area contributed by atoms with Crippen LogP contribution in [0.15, 0.2) is 54.6 Å². The molecule has 1 aliphatic heterocycles. The van der Waals surface area contributed by atoms with E-state index in [-0.39, 0.29) is 30.1 Å².